The SMILES string of the molecule is CN1CCN=C1NCC(=O)N1CCCc2ccccc21. The highest BCUT2D eigenvalue weighted by atomic mass is 16.2. The lowest BCUT2D eigenvalue weighted by Crippen LogP contribution is -2.45. The van der Waals surface area contributed by atoms with Crippen LogP contribution >= 0.6 is 0 Å². The predicted molar refractivity (Wildman–Crippen MR) is 80.1 cm³/mol. The number of amides is 1. The Morgan fingerprint density at radius 3 is 3.00 bits per heavy atom. The minimum atomic E-state index is 0.111. The zero-order valence-electron chi connectivity index (χ0n) is 11.8. The van der Waals surface area contributed by atoms with E-state index in [9.17, 15) is 4.79 Å². The number of carbonyl (C=O) groups is 1. The molecule has 0 saturated heterocycles. The molecule has 0 unspecified atom stereocenters. The number of aliphatic imine (C=N–C) groups is 1. The van der Waals surface area contributed by atoms with Crippen LogP contribution in [0.5, 0.6) is 0 Å². The number of hydrogen-bond donors (Lipinski definition) is 1. The monoisotopic (exact) mass is 272 g/mol. The van der Waals surface area contributed by atoms with Crippen LogP contribution in [-0.2, 0) is 11.2 Å². The van der Waals surface area contributed by atoms with Gasteiger partial charge in [0, 0.05) is 25.8 Å². The van der Waals surface area contributed by atoms with Crippen molar-refractivity contribution in [2.45, 2.75) is 12.8 Å². The Labute approximate surface area is 119 Å². The van der Waals surface area contributed by atoms with Crippen molar-refractivity contribution in [2.75, 3.05) is 38.1 Å². The molecular formula is C15H20N4O. The number of aryl methyl sites for hydroxylation is 1. The van der Waals surface area contributed by atoms with Gasteiger partial charge in [-0.1, -0.05) is 18.2 Å². The lowest BCUT2D eigenvalue weighted by molar-refractivity contribution is -0.117. The highest BCUT2D eigenvalue weighted by Gasteiger charge is 2.22. The Morgan fingerprint density at radius 2 is 2.20 bits per heavy atom. The van der Waals surface area contributed by atoms with Gasteiger partial charge in [0.15, 0.2) is 5.96 Å². The van der Waals surface area contributed by atoms with Gasteiger partial charge in [0.2, 0.25) is 5.91 Å². The summed E-state index contributed by atoms with van der Waals surface area (Å²) >= 11 is 0. The maximum absolute atomic E-state index is 12.4. The topological polar surface area (TPSA) is 47.9 Å². The molecule has 1 aromatic carbocycles. The highest BCUT2D eigenvalue weighted by Crippen LogP contribution is 2.26. The average Bonchev–Trinajstić information content (AvgIpc) is 2.89. The van der Waals surface area contributed by atoms with Crippen molar-refractivity contribution in [3.8, 4) is 0 Å². The number of anilines is 1. The molecule has 5 nitrogen and oxygen atoms in total. The van der Waals surface area contributed by atoms with Crippen LogP contribution in [0.25, 0.3) is 0 Å². The Balaban J connectivity index is 1.66. The molecular weight excluding hydrogens is 252 g/mol. The largest absolute Gasteiger partial charge is 0.347 e. The Kier molecular flexibility index (Phi) is 3.58. The molecule has 20 heavy (non-hydrogen) atoms. The van der Waals surface area contributed by atoms with Crippen molar-refractivity contribution < 1.29 is 4.79 Å². The summed E-state index contributed by atoms with van der Waals surface area (Å²) in [5.74, 6) is 0.934. The van der Waals surface area contributed by atoms with Crippen LogP contribution in [0.4, 0.5) is 5.69 Å². The molecule has 0 aliphatic carbocycles. The molecule has 0 spiro atoms. The number of nitrogens with one attached hydrogen (secondary N) is 1. The molecule has 2 heterocycles. The first kappa shape index (κ1) is 13.0. The second-order valence-electron chi connectivity index (χ2n) is 5.26. The predicted octanol–water partition coefficient (Wildman–Crippen LogP) is 0.857. The van der Waals surface area contributed by atoms with E-state index < -0.39 is 0 Å². The van der Waals surface area contributed by atoms with Crippen LogP contribution < -0.4 is 10.2 Å². The lowest BCUT2D eigenvalue weighted by Gasteiger charge is -2.29. The molecule has 3 rings (SSSR count). The maximum atomic E-state index is 12.4. The third-order valence-corrected chi connectivity index (χ3v) is 3.87. The number of nitrogens with zero attached hydrogens (tertiary/aromatic N) is 3. The minimum absolute atomic E-state index is 0.111. The Morgan fingerprint density at radius 1 is 1.35 bits per heavy atom. The number of guanidine groups is 1. The van der Waals surface area contributed by atoms with Crippen molar-refractivity contribution in [2.24, 2.45) is 4.99 Å². The van der Waals surface area contributed by atoms with Gasteiger partial charge in [-0.25, -0.2) is 0 Å². The fourth-order valence-electron chi connectivity index (χ4n) is 2.77. The van der Waals surface area contributed by atoms with Crippen molar-refractivity contribution in [1.29, 1.82) is 0 Å². The third-order valence-electron chi connectivity index (χ3n) is 3.87. The Hall–Kier alpha value is -2.04. The number of hydrogen-bond acceptors (Lipinski definition) is 4. The number of fused-ring (bicyclic) bond motifs is 1. The minimum Gasteiger partial charge on any atom is -0.347 e. The zero-order valence-corrected chi connectivity index (χ0v) is 11.8. The molecule has 5 heteroatoms. The first-order valence-electron chi connectivity index (χ1n) is 7.13. The van der Waals surface area contributed by atoms with Crippen molar-refractivity contribution in [3.05, 3.63) is 29.8 Å². The number of likely N-dealkylation sites (N-methyl/N-ethyl adjacent to an activating group) is 1. The summed E-state index contributed by atoms with van der Waals surface area (Å²) < 4.78 is 0. The molecule has 0 saturated carbocycles. The van der Waals surface area contributed by atoms with E-state index in [1.165, 1.54) is 5.56 Å². The molecule has 0 bridgehead atoms. The van der Waals surface area contributed by atoms with Crippen LogP contribution in [0.1, 0.15) is 12.0 Å². The molecule has 2 aliphatic heterocycles. The molecule has 0 atom stereocenters. The maximum Gasteiger partial charge on any atom is 0.246 e. The molecule has 2 aliphatic rings. The van der Waals surface area contributed by atoms with Gasteiger partial charge in [0.1, 0.15) is 0 Å². The first-order chi connectivity index (χ1) is 9.75. The van der Waals surface area contributed by atoms with Gasteiger partial charge < -0.3 is 15.1 Å². The number of benzene rings is 1. The van der Waals surface area contributed by atoms with E-state index in [-0.39, 0.29) is 5.91 Å². The Bertz CT molecular complexity index is 540. The second-order valence-corrected chi connectivity index (χ2v) is 5.26. The second kappa shape index (κ2) is 5.53. The normalized spacial score (nSPS) is 17.8. The van der Waals surface area contributed by atoms with Gasteiger partial charge >= 0.3 is 0 Å². The van der Waals surface area contributed by atoms with Gasteiger partial charge in [-0.15, -0.1) is 0 Å². The van der Waals surface area contributed by atoms with E-state index in [2.05, 4.69) is 16.4 Å². The highest BCUT2D eigenvalue weighted by molar-refractivity contribution is 5.98. The fraction of sp³-hybridized carbons (Fsp3) is 0.467. The molecule has 1 amide bonds. The third kappa shape index (κ3) is 2.48. The van der Waals surface area contributed by atoms with Gasteiger partial charge in [0.05, 0.1) is 13.1 Å². The van der Waals surface area contributed by atoms with Gasteiger partial charge in [-0.2, -0.15) is 0 Å². The summed E-state index contributed by atoms with van der Waals surface area (Å²) in [7, 11) is 1.99. The molecule has 0 fully saturated rings. The number of rotatable bonds is 2. The van der Waals surface area contributed by atoms with Crippen LogP contribution in [0.3, 0.4) is 0 Å². The number of carbonyl (C=O) groups excluding carboxylic acids is 1. The van der Waals surface area contributed by atoms with Crippen LogP contribution in [-0.4, -0.2) is 50.0 Å². The molecule has 1 N–H and O–H groups in total. The molecule has 106 valence electrons. The quantitative estimate of drug-likeness (QED) is 0.868. The smallest absolute Gasteiger partial charge is 0.246 e. The summed E-state index contributed by atoms with van der Waals surface area (Å²) in [5.41, 5.74) is 2.33. The van der Waals surface area contributed by atoms with Crippen molar-refractivity contribution in [1.82, 2.24) is 10.2 Å². The van der Waals surface area contributed by atoms with Crippen LogP contribution in [0, 0.1) is 0 Å². The molecule has 0 radical (unpaired) electrons. The summed E-state index contributed by atoms with van der Waals surface area (Å²) in [4.78, 5) is 20.7. The van der Waals surface area contributed by atoms with Gasteiger partial charge in [-0.05, 0) is 24.5 Å². The lowest BCUT2D eigenvalue weighted by atomic mass is 10.0. The zero-order chi connectivity index (χ0) is 13.9. The van der Waals surface area contributed by atoms with Crippen LogP contribution in [0.2, 0.25) is 0 Å². The summed E-state index contributed by atoms with van der Waals surface area (Å²) in [6.07, 6.45) is 2.09. The van der Waals surface area contributed by atoms with E-state index in [4.69, 9.17) is 0 Å². The standard InChI is InChI=1S/C15H20N4O/c1-18-10-8-16-15(18)17-11-14(20)19-9-4-6-12-5-2-3-7-13(12)19/h2-3,5,7H,4,6,8-11H2,1H3,(H,16,17). The number of para-hydroxylation sites is 1. The fourth-order valence-corrected chi connectivity index (χ4v) is 2.77. The summed E-state index contributed by atoms with van der Waals surface area (Å²) in [6, 6.07) is 8.17. The summed E-state index contributed by atoms with van der Waals surface area (Å²) in [5, 5.41) is 3.14. The van der Waals surface area contributed by atoms with Gasteiger partial charge in [-0.3, -0.25) is 9.79 Å². The van der Waals surface area contributed by atoms with Crippen molar-refractivity contribution >= 4 is 17.6 Å². The van der Waals surface area contributed by atoms with E-state index >= 15 is 0 Å². The summed E-state index contributed by atoms with van der Waals surface area (Å²) in [6.45, 7) is 2.83. The average molecular weight is 272 g/mol. The first-order valence-corrected chi connectivity index (χ1v) is 7.13. The van der Waals surface area contributed by atoms with E-state index in [1.807, 2.05) is 35.0 Å². The van der Waals surface area contributed by atoms with E-state index in [1.54, 1.807) is 0 Å². The van der Waals surface area contributed by atoms with E-state index in [0.717, 1.165) is 44.1 Å². The molecule has 0 aromatic heterocycles. The van der Waals surface area contributed by atoms with E-state index in [0.29, 0.717) is 6.54 Å². The van der Waals surface area contributed by atoms with Crippen molar-refractivity contribution in [3.63, 3.8) is 0 Å². The van der Waals surface area contributed by atoms with Gasteiger partial charge in [0.25, 0.3) is 0 Å². The van der Waals surface area contributed by atoms with Crippen LogP contribution in [0.15, 0.2) is 29.3 Å². The molecule has 1 aromatic rings.